The first-order valence-electron chi connectivity index (χ1n) is 6.16. The van der Waals surface area contributed by atoms with Crippen LogP contribution in [-0.2, 0) is 16.8 Å². The Kier molecular flexibility index (Phi) is 4.75. The fourth-order valence-electron chi connectivity index (χ4n) is 2.18. The van der Waals surface area contributed by atoms with Gasteiger partial charge in [0.25, 0.3) is 0 Å². The molecule has 2 aromatic carbocycles. The van der Waals surface area contributed by atoms with E-state index in [0.717, 1.165) is 15.6 Å². The molecule has 0 saturated heterocycles. The van der Waals surface area contributed by atoms with Crippen LogP contribution in [0, 0.1) is 0 Å². The molecular weight excluding hydrogens is 304 g/mol. The number of benzene rings is 2. The second-order valence-corrected chi connectivity index (χ2v) is 5.45. The summed E-state index contributed by atoms with van der Waals surface area (Å²) in [6.07, 6.45) is 0.506. The van der Waals surface area contributed by atoms with Crippen LogP contribution >= 0.6 is 15.9 Å². The smallest absolute Gasteiger partial charge is 0.117 e. The Labute approximate surface area is 122 Å². The van der Waals surface area contributed by atoms with Gasteiger partial charge in [-0.2, -0.15) is 0 Å². The molecule has 2 aromatic rings. The maximum absolute atomic E-state index is 10.9. The molecule has 0 bridgehead atoms. The van der Waals surface area contributed by atoms with E-state index in [1.165, 1.54) is 0 Å². The summed E-state index contributed by atoms with van der Waals surface area (Å²) in [4.78, 5) is 0. The van der Waals surface area contributed by atoms with E-state index in [4.69, 9.17) is 4.74 Å². The summed E-state index contributed by atoms with van der Waals surface area (Å²) >= 11 is 3.52. The molecule has 0 spiro atoms. The average molecular weight is 321 g/mol. The normalized spacial score (nSPS) is 14.1. The zero-order valence-corrected chi connectivity index (χ0v) is 12.4. The molecule has 0 heterocycles. The van der Waals surface area contributed by atoms with Crippen molar-refractivity contribution in [2.45, 2.75) is 12.0 Å². The first-order valence-corrected chi connectivity index (χ1v) is 6.95. The van der Waals surface area contributed by atoms with Crippen molar-refractivity contribution in [1.29, 1.82) is 0 Å². The molecule has 1 N–H and O–H groups in total. The summed E-state index contributed by atoms with van der Waals surface area (Å²) in [5.74, 6) is 0. The van der Waals surface area contributed by atoms with E-state index in [0.29, 0.717) is 6.42 Å². The van der Waals surface area contributed by atoms with Crippen LogP contribution in [0.2, 0.25) is 0 Å². The SMILES string of the molecule is COCC(O)(Cc1ccccc1Br)c1ccccc1. The maximum atomic E-state index is 10.9. The quantitative estimate of drug-likeness (QED) is 0.913. The highest BCUT2D eigenvalue weighted by Crippen LogP contribution is 2.29. The second-order valence-electron chi connectivity index (χ2n) is 4.60. The number of aliphatic hydroxyl groups is 1. The van der Waals surface area contributed by atoms with Crippen molar-refractivity contribution in [1.82, 2.24) is 0 Å². The van der Waals surface area contributed by atoms with Gasteiger partial charge in [0.05, 0.1) is 6.61 Å². The molecule has 0 aliphatic heterocycles. The molecule has 1 unspecified atom stereocenters. The molecule has 19 heavy (non-hydrogen) atoms. The largest absolute Gasteiger partial charge is 0.382 e. The minimum Gasteiger partial charge on any atom is -0.382 e. The predicted octanol–water partition coefficient (Wildman–Crippen LogP) is 3.53. The Hall–Kier alpha value is -1.16. The van der Waals surface area contributed by atoms with Gasteiger partial charge in [-0.3, -0.25) is 0 Å². The molecule has 2 nitrogen and oxygen atoms in total. The number of methoxy groups -OCH3 is 1. The maximum Gasteiger partial charge on any atom is 0.117 e. The number of ether oxygens (including phenoxy) is 1. The third-order valence-electron chi connectivity index (χ3n) is 3.13. The van der Waals surface area contributed by atoms with Gasteiger partial charge in [-0.05, 0) is 17.2 Å². The Morgan fingerprint density at radius 3 is 2.32 bits per heavy atom. The molecule has 0 amide bonds. The molecule has 0 aromatic heterocycles. The fourth-order valence-corrected chi connectivity index (χ4v) is 2.61. The van der Waals surface area contributed by atoms with E-state index in [-0.39, 0.29) is 6.61 Å². The van der Waals surface area contributed by atoms with Crippen LogP contribution in [0.15, 0.2) is 59.1 Å². The molecule has 1 atom stereocenters. The number of hydrogen-bond donors (Lipinski definition) is 1. The van der Waals surface area contributed by atoms with Gasteiger partial charge in [0.1, 0.15) is 5.60 Å². The molecule has 2 rings (SSSR count). The van der Waals surface area contributed by atoms with Gasteiger partial charge in [0.2, 0.25) is 0 Å². The standard InChI is InChI=1S/C16H17BrO2/c1-19-12-16(18,14-8-3-2-4-9-14)11-13-7-5-6-10-15(13)17/h2-10,18H,11-12H2,1H3. The van der Waals surface area contributed by atoms with Crippen LogP contribution in [0.25, 0.3) is 0 Å². The van der Waals surface area contributed by atoms with Crippen LogP contribution in [0.5, 0.6) is 0 Å². The second kappa shape index (κ2) is 6.33. The van der Waals surface area contributed by atoms with Gasteiger partial charge in [-0.15, -0.1) is 0 Å². The topological polar surface area (TPSA) is 29.5 Å². The van der Waals surface area contributed by atoms with E-state index in [2.05, 4.69) is 15.9 Å². The Bertz CT molecular complexity index is 527. The third-order valence-corrected chi connectivity index (χ3v) is 3.91. The van der Waals surface area contributed by atoms with E-state index < -0.39 is 5.60 Å². The van der Waals surface area contributed by atoms with Gasteiger partial charge in [0.15, 0.2) is 0 Å². The summed E-state index contributed by atoms with van der Waals surface area (Å²) in [5.41, 5.74) is 0.915. The van der Waals surface area contributed by atoms with Crippen LogP contribution in [0.4, 0.5) is 0 Å². The minimum atomic E-state index is -1.01. The van der Waals surface area contributed by atoms with Crippen molar-refractivity contribution >= 4 is 15.9 Å². The van der Waals surface area contributed by atoms with E-state index in [1.807, 2.05) is 54.6 Å². The predicted molar refractivity (Wildman–Crippen MR) is 80.1 cm³/mol. The van der Waals surface area contributed by atoms with Gasteiger partial charge >= 0.3 is 0 Å². The number of hydrogen-bond acceptors (Lipinski definition) is 2. The minimum absolute atomic E-state index is 0.262. The zero-order valence-electron chi connectivity index (χ0n) is 10.8. The molecule has 0 fully saturated rings. The summed E-state index contributed by atoms with van der Waals surface area (Å²) in [6.45, 7) is 0.262. The highest BCUT2D eigenvalue weighted by Gasteiger charge is 2.30. The van der Waals surface area contributed by atoms with Gasteiger partial charge in [0, 0.05) is 18.0 Å². The molecule has 0 aliphatic carbocycles. The van der Waals surface area contributed by atoms with Crippen LogP contribution in [-0.4, -0.2) is 18.8 Å². The van der Waals surface area contributed by atoms with Crippen LogP contribution < -0.4 is 0 Å². The molecular formula is C16H17BrO2. The highest BCUT2D eigenvalue weighted by atomic mass is 79.9. The average Bonchev–Trinajstić information content (AvgIpc) is 2.43. The number of halogens is 1. The molecule has 0 aliphatic rings. The highest BCUT2D eigenvalue weighted by molar-refractivity contribution is 9.10. The first kappa shape index (κ1) is 14.3. The molecule has 0 radical (unpaired) electrons. The number of rotatable bonds is 5. The van der Waals surface area contributed by atoms with Gasteiger partial charge < -0.3 is 9.84 Å². The van der Waals surface area contributed by atoms with Crippen molar-refractivity contribution in [2.24, 2.45) is 0 Å². The first-order chi connectivity index (χ1) is 9.15. The van der Waals surface area contributed by atoms with Crippen molar-refractivity contribution in [3.8, 4) is 0 Å². The Morgan fingerprint density at radius 1 is 1.05 bits per heavy atom. The van der Waals surface area contributed by atoms with Crippen molar-refractivity contribution in [3.05, 3.63) is 70.2 Å². The third kappa shape index (κ3) is 3.44. The lowest BCUT2D eigenvalue weighted by Crippen LogP contribution is -2.33. The zero-order chi connectivity index (χ0) is 13.7. The van der Waals surface area contributed by atoms with Crippen molar-refractivity contribution in [3.63, 3.8) is 0 Å². The van der Waals surface area contributed by atoms with Gasteiger partial charge in [-0.25, -0.2) is 0 Å². The van der Waals surface area contributed by atoms with E-state index in [9.17, 15) is 5.11 Å². The lowest BCUT2D eigenvalue weighted by Gasteiger charge is -2.28. The van der Waals surface area contributed by atoms with Gasteiger partial charge in [-0.1, -0.05) is 64.5 Å². The lowest BCUT2D eigenvalue weighted by atomic mass is 9.88. The summed E-state index contributed by atoms with van der Waals surface area (Å²) in [7, 11) is 1.61. The monoisotopic (exact) mass is 320 g/mol. The Morgan fingerprint density at radius 2 is 1.68 bits per heavy atom. The van der Waals surface area contributed by atoms with E-state index >= 15 is 0 Å². The summed E-state index contributed by atoms with van der Waals surface area (Å²) in [5, 5.41) is 10.9. The van der Waals surface area contributed by atoms with Crippen LogP contribution in [0.1, 0.15) is 11.1 Å². The molecule has 3 heteroatoms. The fraction of sp³-hybridized carbons (Fsp3) is 0.250. The molecule has 0 saturated carbocycles. The van der Waals surface area contributed by atoms with Crippen molar-refractivity contribution < 1.29 is 9.84 Å². The van der Waals surface area contributed by atoms with E-state index in [1.54, 1.807) is 7.11 Å². The summed E-state index contributed by atoms with van der Waals surface area (Å²) in [6, 6.07) is 17.6. The molecule has 100 valence electrons. The van der Waals surface area contributed by atoms with Crippen molar-refractivity contribution in [2.75, 3.05) is 13.7 Å². The summed E-state index contributed by atoms with van der Waals surface area (Å²) < 4.78 is 6.21. The lowest BCUT2D eigenvalue weighted by molar-refractivity contribution is -0.0356. The van der Waals surface area contributed by atoms with Crippen LogP contribution in [0.3, 0.4) is 0 Å². The Balaban J connectivity index is 2.33.